The van der Waals surface area contributed by atoms with Gasteiger partial charge in [-0.2, -0.15) is 0 Å². The van der Waals surface area contributed by atoms with E-state index in [1.165, 1.54) is 29.6 Å². The molecule has 1 heteroatoms. The van der Waals surface area contributed by atoms with Crippen LogP contribution in [0.1, 0.15) is 47.0 Å². The molecular weight excluding hydrogens is 206 g/mol. The summed E-state index contributed by atoms with van der Waals surface area (Å²) in [5.74, 6) is 0.545. The average molecular weight is 233 g/mol. The van der Waals surface area contributed by atoms with Crippen molar-refractivity contribution in [2.75, 3.05) is 6.54 Å². The second-order valence-electron chi connectivity index (χ2n) is 5.04. The smallest absolute Gasteiger partial charge is 0.0439 e. The van der Waals surface area contributed by atoms with Crippen molar-refractivity contribution < 1.29 is 0 Å². The Balaban J connectivity index is 0.000000686. The quantitative estimate of drug-likeness (QED) is 0.769. The van der Waals surface area contributed by atoms with E-state index in [0.29, 0.717) is 5.92 Å². The summed E-state index contributed by atoms with van der Waals surface area (Å²) in [5, 5.41) is 3.62. The van der Waals surface area contributed by atoms with Crippen LogP contribution in [0.5, 0.6) is 0 Å². The summed E-state index contributed by atoms with van der Waals surface area (Å²) in [4.78, 5) is 0. The minimum absolute atomic E-state index is 0.285. The van der Waals surface area contributed by atoms with Gasteiger partial charge in [0, 0.05) is 12.1 Å². The van der Waals surface area contributed by atoms with Crippen LogP contribution in [0.4, 0.5) is 0 Å². The van der Waals surface area contributed by atoms with Gasteiger partial charge in [0.1, 0.15) is 0 Å². The zero-order valence-electron chi connectivity index (χ0n) is 11.9. The summed E-state index contributed by atoms with van der Waals surface area (Å²) < 4.78 is 0. The van der Waals surface area contributed by atoms with E-state index < -0.39 is 0 Å². The Morgan fingerprint density at radius 3 is 2.35 bits per heavy atom. The highest BCUT2D eigenvalue weighted by atomic mass is 15.0. The first-order valence-corrected chi connectivity index (χ1v) is 6.91. The number of rotatable bonds is 3. The molecule has 0 aromatic rings. The van der Waals surface area contributed by atoms with Crippen molar-refractivity contribution in [2.24, 2.45) is 5.92 Å². The van der Waals surface area contributed by atoms with Crippen molar-refractivity contribution in [1.29, 1.82) is 0 Å². The van der Waals surface area contributed by atoms with E-state index in [1.54, 1.807) is 0 Å². The molecule has 1 heterocycles. The normalized spacial score (nSPS) is 21.0. The molecule has 2 aliphatic rings. The van der Waals surface area contributed by atoms with Crippen LogP contribution in [-0.2, 0) is 0 Å². The summed E-state index contributed by atoms with van der Waals surface area (Å²) in [7, 11) is 0. The molecule has 0 unspecified atom stereocenters. The Labute approximate surface area is 107 Å². The van der Waals surface area contributed by atoms with Gasteiger partial charge < -0.3 is 5.32 Å². The lowest BCUT2D eigenvalue weighted by Crippen LogP contribution is -2.38. The highest BCUT2D eigenvalue weighted by Crippen LogP contribution is 2.47. The molecule has 0 aromatic heterocycles. The lowest BCUT2D eigenvalue weighted by molar-refractivity contribution is 0.531. The Kier molecular flexibility index (Phi) is 4.76. The Hall–Kier alpha value is -0.820. The van der Waals surface area contributed by atoms with Gasteiger partial charge in [-0.1, -0.05) is 46.9 Å². The fourth-order valence-electron chi connectivity index (χ4n) is 2.52. The number of hydrogen-bond acceptors (Lipinski definition) is 1. The Morgan fingerprint density at radius 1 is 1.35 bits per heavy atom. The minimum Gasteiger partial charge on any atom is -0.307 e. The second-order valence-corrected chi connectivity index (χ2v) is 5.04. The first-order chi connectivity index (χ1) is 8.10. The summed E-state index contributed by atoms with van der Waals surface area (Å²) in [5.41, 5.74) is 4.48. The minimum atomic E-state index is 0.285. The molecule has 1 aliphatic carbocycles. The topological polar surface area (TPSA) is 12.0 Å². The van der Waals surface area contributed by atoms with Gasteiger partial charge in [0.25, 0.3) is 0 Å². The molecule has 0 bridgehead atoms. The molecule has 0 amide bonds. The van der Waals surface area contributed by atoms with Gasteiger partial charge in [-0.3, -0.25) is 0 Å². The standard InChI is InChI=1S/C14H21N.C2H6/c1-5-13-12(11(4)10(2)3)6-9-15-14(13)7-8-14;1-2/h5,10,15H,1,4,6-9H2,2-3H3;1-2H3. The van der Waals surface area contributed by atoms with E-state index in [-0.39, 0.29) is 5.54 Å². The molecule has 17 heavy (non-hydrogen) atoms. The number of hydrogen-bond donors (Lipinski definition) is 1. The van der Waals surface area contributed by atoms with E-state index >= 15 is 0 Å². The van der Waals surface area contributed by atoms with Crippen LogP contribution in [0.2, 0.25) is 0 Å². The summed E-state index contributed by atoms with van der Waals surface area (Å²) in [6.45, 7) is 17.7. The molecule has 1 saturated carbocycles. The van der Waals surface area contributed by atoms with Crippen LogP contribution in [0.3, 0.4) is 0 Å². The van der Waals surface area contributed by atoms with E-state index in [2.05, 4.69) is 32.3 Å². The summed E-state index contributed by atoms with van der Waals surface area (Å²) in [6, 6.07) is 0. The fourth-order valence-corrected chi connectivity index (χ4v) is 2.52. The summed E-state index contributed by atoms with van der Waals surface area (Å²) >= 11 is 0. The van der Waals surface area contributed by atoms with Crippen LogP contribution in [0.15, 0.2) is 36.0 Å². The number of allylic oxidation sites excluding steroid dienone is 1. The van der Waals surface area contributed by atoms with Gasteiger partial charge in [0.2, 0.25) is 0 Å². The van der Waals surface area contributed by atoms with Gasteiger partial charge in [-0.25, -0.2) is 0 Å². The van der Waals surface area contributed by atoms with Crippen molar-refractivity contribution in [1.82, 2.24) is 5.32 Å². The summed E-state index contributed by atoms with van der Waals surface area (Å²) in [6.07, 6.45) is 5.69. The van der Waals surface area contributed by atoms with Crippen molar-refractivity contribution in [2.45, 2.75) is 52.5 Å². The molecule has 2 rings (SSSR count). The Bertz CT molecular complexity index is 329. The Morgan fingerprint density at radius 2 is 1.94 bits per heavy atom. The van der Waals surface area contributed by atoms with E-state index in [9.17, 15) is 0 Å². The highest BCUT2D eigenvalue weighted by Gasteiger charge is 2.47. The molecule has 1 fully saturated rings. The average Bonchev–Trinajstić information content (AvgIpc) is 3.10. The van der Waals surface area contributed by atoms with Crippen LogP contribution in [0.25, 0.3) is 0 Å². The maximum atomic E-state index is 4.24. The van der Waals surface area contributed by atoms with Crippen molar-refractivity contribution in [3.63, 3.8) is 0 Å². The lowest BCUT2D eigenvalue weighted by Gasteiger charge is -2.30. The zero-order chi connectivity index (χ0) is 13.1. The highest BCUT2D eigenvalue weighted by molar-refractivity contribution is 5.49. The number of nitrogens with one attached hydrogen (secondary N) is 1. The molecule has 0 radical (unpaired) electrons. The lowest BCUT2D eigenvalue weighted by atomic mass is 9.84. The molecular formula is C16H27N. The van der Waals surface area contributed by atoms with Gasteiger partial charge in [-0.15, -0.1) is 0 Å². The van der Waals surface area contributed by atoms with Gasteiger partial charge in [0.05, 0.1) is 0 Å². The molecule has 0 saturated heterocycles. The van der Waals surface area contributed by atoms with E-state index in [4.69, 9.17) is 0 Å². The largest absolute Gasteiger partial charge is 0.307 e. The van der Waals surface area contributed by atoms with Gasteiger partial charge >= 0.3 is 0 Å². The molecule has 1 nitrogen and oxygen atoms in total. The maximum Gasteiger partial charge on any atom is 0.0439 e. The monoisotopic (exact) mass is 233 g/mol. The third-order valence-corrected chi connectivity index (χ3v) is 3.72. The van der Waals surface area contributed by atoms with E-state index in [1.807, 2.05) is 19.9 Å². The molecule has 96 valence electrons. The third kappa shape index (κ3) is 2.71. The van der Waals surface area contributed by atoms with Crippen LogP contribution < -0.4 is 5.32 Å². The molecule has 0 aromatic carbocycles. The predicted molar refractivity (Wildman–Crippen MR) is 77.1 cm³/mol. The first kappa shape index (κ1) is 14.2. The zero-order valence-corrected chi connectivity index (χ0v) is 11.9. The van der Waals surface area contributed by atoms with E-state index in [0.717, 1.165) is 13.0 Å². The van der Waals surface area contributed by atoms with Gasteiger partial charge in [-0.05, 0) is 41.9 Å². The van der Waals surface area contributed by atoms with Crippen LogP contribution in [-0.4, -0.2) is 12.1 Å². The molecule has 1 N–H and O–H groups in total. The SMILES string of the molecule is C=CC1=C(C(=C)C(C)C)CCNC12CC2.CC. The third-order valence-electron chi connectivity index (χ3n) is 3.72. The molecule has 1 spiro atoms. The molecule has 0 atom stereocenters. The fraction of sp³-hybridized carbons (Fsp3) is 0.625. The van der Waals surface area contributed by atoms with Crippen molar-refractivity contribution in [3.05, 3.63) is 36.0 Å². The van der Waals surface area contributed by atoms with Crippen LogP contribution >= 0.6 is 0 Å². The van der Waals surface area contributed by atoms with Crippen molar-refractivity contribution in [3.8, 4) is 0 Å². The first-order valence-electron chi connectivity index (χ1n) is 6.91. The van der Waals surface area contributed by atoms with Crippen LogP contribution in [0, 0.1) is 5.92 Å². The second kappa shape index (κ2) is 5.68. The van der Waals surface area contributed by atoms with Crippen molar-refractivity contribution >= 4 is 0 Å². The molecule has 1 aliphatic heterocycles. The predicted octanol–water partition coefficient (Wildman–Crippen LogP) is 4.23. The van der Waals surface area contributed by atoms with Gasteiger partial charge in [0.15, 0.2) is 0 Å². The maximum absolute atomic E-state index is 4.24.